The number of anilines is 1. The summed E-state index contributed by atoms with van der Waals surface area (Å²) in [5.41, 5.74) is 11.1. The highest BCUT2D eigenvalue weighted by molar-refractivity contribution is 5.78. The second-order valence-electron chi connectivity index (χ2n) is 11.0. The number of fused-ring (bicyclic) bond motifs is 1. The maximum atomic E-state index is 13.4. The number of nitrogens with two attached hydrogens (primary N) is 1. The summed E-state index contributed by atoms with van der Waals surface area (Å²) in [4.78, 5) is 16.1. The number of hydrogen-bond donors (Lipinski definition) is 2. The topological polar surface area (TPSA) is 133 Å². The average Bonchev–Trinajstić information content (AvgIpc) is 3.77. The van der Waals surface area contributed by atoms with E-state index in [1.54, 1.807) is 41.7 Å². The van der Waals surface area contributed by atoms with Gasteiger partial charge in [-0.25, -0.2) is 23.9 Å². The van der Waals surface area contributed by atoms with E-state index in [-0.39, 0.29) is 11.9 Å². The van der Waals surface area contributed by atoms with E-state index in [9.17, 15) is 9.50 Å². The Hall–Kier alpha value is -4.52. The molecular weight excluding hydrogens is 537 g/mol. The molecule has 2 aliphatic rings. The van der Waals surface area contributed by atoms with Gasteiger partial charge in [0.25, 0.3) is 0 Å². The minimum Gasteiger partial charge on any atom is -0.388 e. The largest absolute Gasteiger partial charge is 0.388 e. The fraction of sp³-hybridized carbons (Fsp3) is 0.300. The minimum atomic E-state index is -0.844. The molecule has 7 rings (SSSR count). The van der Waals surface area contributed by atoms with Crippen molar-refractivity contribution in [3.05, 3.63) is 96.5 Å². The van der Waals surface area contributed by atoms with E-state index in [0.29, 0.717) is 25.6 Å². The number of nitrogens with zero attached hydrogens (tertiary/aromatic N) is 8. The summed E-state index contributed by atoms with van der Waals surface area (Å²) in [5.74, 6) is 1.21. The summed E-state index contributed by atoms with van der Waals surface area (Å²) < 4.78 is 22.4. The second kappa shape index (κ2) is 10.4. The molecule has 1 aromatic carbocycles. The smallest absolute Gasteiger partial charge is 0.156 e. The molecule has 0 saturated carbocycles. The zero-order chi connectivity index (χ0) is 28.8. The quantitative estimate of drug-likeness (QED) is 0.318. The van der Waals surface area contributed by atoms with Crippen molar-refractivity contribution >= 4 is 16.9 Å². The van der Waals surface area contributed by atoms with Gasteiger partial charge in [-0.3, -0.25) is 4.68 Å². The third kappa shape index (κ3) is 4.73. The molecule has 0 spiro atoms. The summed E-state index contributed by atoms with van der Waals surface area (Å²) in [7, 11) is 0. The Morgan fingerprint density at radius 1 is 1.00 bits per heavy atom. The number of ether oxygens (including phenoxy) is 1. The van der Waals surface area contributed by atoms with Crippen LogP contribution in [-0.2, 0) is 10.3 Å². The van der Waals surface area contributed by atoms with Crippen molar-refractivity contribution in [1.29, 1.82) is 0 Å². The van der Waals surface area contributed by atoms with Crippen molar-refractivity contribution in [1.82, 2.24) is 34.3 Å². The molecule has 1 saturated heterocycles. The molecule has 1 fully saturated rings. The van der Waals surface area contributed by atoms with Gasteiger partial charge in [0.1, 0.15) is 29.8 Å². The van der Waals surface area contributed by atoms with Gasteiger partial charge in [-0.1, -0.05) is 18.2 Å². The number of rotatable bonds is 6. The van der Waals surface area contributed by atoms with Gasteiger partial charge in [-0.2, -0.15) is 10.2 Å². The van der Waals surface area contributed by atoms with Gasteiger partial charge in [0.05, 0.1) is 24.9 Å². The summed E-state index contributed by atoms with van der Waals surface area (Å²) in [6.45, 7) is 4.02. The van der Waals surface area contributed by atoms with Gasteiger partial charge < -0.3 is 20.5 Å². The number of aromatic nitrogens is 7. The van der Waals surface area contributed by atoms with Crippen molar-refractivity contribution in [2.75, 3.05) is 31.2 Å². The van der Waals surface area contributed by atoms with Crippen molar-refractivity contribution in [2.45, 2.75) is 31.0 Å². The Kier molecular flexibility index (Phi) is 6.53. The van der Waals surface area contributed by atoms with Crippen LogP contribution in [0.3, 0.4) is 0 Å². The average molecular weight is 568 g/mol. The molecule has 3 N–H and O–H groups in total. The van der Waals surface area contributed by atoms with E-state index >= 15 is 0 Å². The summed E-state index contributed by atoms with van der Waals surface area (Å²) in [6, 6.07) is 8.05. The van der Waals surface area contributed by atoms with Crippen LogP contribution in [0.25, 0.3) is 22.2 Å². The van der Waals surface area contributed by atoms with Gasteiger partial charge in [0.15, 0.2) is 11.6 Å². The van der Waals surface area contributed by atoms with Crippen molar-refractivity contribution in [3.63, 3.8) is 0 Å². The predicted octanol–water partition coefficient (Wildman–Crippen LogP) is 2.97. The van der Waals surface area contributed by atoms with Crippen LogP contribution in [0.5, 0.6) is 0 Å². The first-order chi connectivity index (χ1) is 20.4. The molecule has 0 unspecified atom stereocenters. The number of aliphatic hydroxyl groups excluding tert-OH is 1. The van der Waals surface area contributed by atoms with Gasteiger partial charge in [0.2, 0.25) is 0 Å². The third-order valence-electron chi connectivity index (χ3n) is 8.17. The van der Waals surface area contributed by atoms with E-state index in [1.165, 1.54) is 12.1 Å². The van der Waals surface area contributed by atoms with E-state index in [2.05, 4.69) is 42.2 Å². The van der Waals surface area contributed by atoms with Gasteiger partial charge in [-0.15, -0.1) is 0 Å². The van der Waals surface area contributed by atoms with E-state index < -0.39 is 11.6 Å². The molecule has 214 valence electrons. The van der Waals surface area contributed by atoms with Crippen LogP contribution in [-0.4, -0.2) is 71.9 Å². The standard InChI is InChI=1S/C30H30FN9O2/c1-30(32,22-2-4-24(31)5-3-22)23-12-33-28(34-13-23)19-6-8-38(9-7-19)29-25-10-20(14-39(25)37-18-35-29)21-11-36-40(15-21)26-16-42-17-27(26)41/h2-6,10-15,18,26-27,41H,7-9,16-17,32H2,1H3/t26-,27-,30+/m1/s1. The Morgan fingerprint density at radius 3 is 2.52 bits per heavy atom. The van der Waals surface area contributed by atoms with Crippen molar-refractivity contribution in [3.8, 4) is 11.1 Å². The molecule has 0 aliphatic carbocycles. The molecule has 11 nitrogen and oxygen atoms in total. The molecule has 0 radical (unpaired) electrons. The van der Waals surface area contributed by atoms with Crippen LogP contribution >= 0.6 is 0 Å². The van der Waals surface area contributed by atoms with Crippen LogP contribution in [0, 0.1) is 5.82 Å². The van der Waals surface area contributed by atoms with Gasteiger partial charge in [-0.05, 0) is 42.7 Å². The van der Waals surface area contributed by atoms with Gasteiger partial charge >= 0.3 is 0 Å². The molecule has 12 heteroatoms. The monoisotopic (exact) mass is 567 g/mol. The maximum Gasteiger partial charge on any atom is 0.156 e. The Labute approximate surface area is 241 Å². The van der Waals surface area contributed by atoms with E-state index in [4.69, 9.17) is 10.5 Å². The lowest BCUT2D eigenvalue weighted by Crippen LogP contribution is -2.34. The molecule has 5 aromatic rings. The number of benzene rings is 1. The van der Waals surface area contributed by atoms with Crippen LogP contribution in [0.15, 0.2) is 73.7 Å². The Bertz CT molecular complexity index is 1760. The van der Waals surface area contributed by atoms with Crippen LogP contribution < -0.4 is 10.6 Å². The van der Waals surface area contributed by atoms with Crippen LogP contribution in [0.2, 0.25) is 0 Å². The normalized spacial score (nSPS) is 20.6. The first-order valence-electron chi connectivity index (χ1n) is 13.8. The first kappa shape index (κ1) is 26.4. The Balaban J connectivity index is 1.08. The molecule has 42 heavy (non-hydrogen) atoms. The molecule has 6 heterocycles. The molecule has 3 atom stereocenters. The maximum absolute atomic E-state index is 13.4. The zero-order valence-electron chi connectivity index (χ0n) is 23.0. The SMILES string of the molecule is C[C@](N)(c1ccc(F)cc1)c1cnc(C2=CCN(c3ncnn4cc(-c5cnn([C@@H]6COC[C@H]6O)c5)cc34)CC2)nc1. The predicted molar refractivity (Wildman–Crippen MR) is 154 cm³/mol. The lowest BCUT2D eigenvalue weighted by molar-refractivity contribution is 0.118. The number of aliphatic hydroxyl groups is 1. The molecule has 4 aromatic heterocycles. The summed E-state index contributed by atoms with van der Waals surface area (Å²) in [5, 5.41) is 19.0. The highest BCUT2D eigenvalue weighted by Gasteiger charge is 2.29. The molecule has 0 amide bonds. The second-order valence-corrected chi connectivity index (χ2v) is 11.0. The molecular formula is C30H30FN9O2. The third-order valence-corrected chi connectivity index (χ3v) is 8.17. The van der Waals surface area contributed by atoms with Crippen LogP contribution in [0.4, 0.5) is 10.2 Å². The minimum absolute atomic E-state index is 0.185. The van der Waals surface area contributed by atoms with Crippen LogP contribution in [0.1, 0.15) is 36.3 Å². The fourth-order valence-electron chi connectivity index (χ4n) is 5.56. The van der Waals surface area contributed by atoms with Crippen molar-refractivity contribution < 1.29 is 14.2 Å². The fourth-order valence-corrected chi connectivity index (χ4v) is 5.56. The summed E-state index contributed by atoms with van der Waals surface area (Å²) in [6.07, 6.45) is 13.1. The van der Waals surface area contributed by atoms with E-state index in [1.807, 2.05) is 23.8 Å². The van der Waals surface area contributed by atoms with Crippen molar-refractivity contribution in [2.24, 2.45) is 5.73 Å². The Morgan fingerprint density at radius 2 is 1.81 bits per heavy atom. The number of hydrogen-bond acceptors (Lipinski definition) is 9. The lowest BCUT2D eigenvalue weighted by Gasteiger charge is -2.28. The lowest BCUT2D eigenvalue weighted by atomic mass is 9.87. The van der Waals surface area contributed by atoms with E-state index in [0.717, 1.165) is 52.1 Å². The molecule has 0 bridgehead atoms. The highest BCUT2D eigenvalue weighted by Crippen LogP contribution is 2.31. The number of halogens is 1. The van der Waals surface area contributed by atoms with Gasteiger partial charge in [0, 0.05) is 54.6 Å². The zero-order valence-corrected chi connectivity index (χ0v) is 23.0. The summed E-state index contributed by atoms with van der Waals surface area (Å²) >= 11 is 0. The first-order valence-corrected chi connectivity index (χ1v) is 13.8. The highest BCUT2D eigenvalue weighted by atomic mass is 19.1. The molecule has 2 aliphatic heterocycles.